The van der Waals surface area contributed by atoms with Crippen LogP contribution in [0.2, 0.25) is 10.0 Å². The summed E-state index contributed by atoms with van der Waals surface area (Å²) in [6, 6.07) is 21.5. The quantitative estimate of drug-likeness (QED) is 0.283. The van der Waals surface area contributed by atoms with Gasteiger partial charge in [-0.1, -0.05) is 47.5 Å². The minimum Gasteiger partial charge on any atom is -0.437 e. The summed E-state index contributed by atoms with van der Waals surface area (Å²) in [5.41, 5.74) is 8.72. The standard InChI is InChI=1S/C26H15Cl2N3O3/c27-15-9-5-13(6-10-15)19-20-22(17-3-1-2-4-18(17)33-26(20)32)34-25-21(19)23(29)30-24(31-25)14-7-11-16(28)12-8-14/h1-12,19H,(H2,29,30,31). The third-order valence-electron chi connectivity index (χ3n) is 5.82. The van der Waals surface area contributed by atoms with Crippen molar-refractivity contribution in [1.29, 1.82) is 0 Å². The van der Waals surface area contributed by atoms with Gasteiger partial charge in [0.05, 0.1) is 22.4 Å². The van der Waals surface area contributed by atoms with Crippen LogP contribution in [0, 0.1) is 0 Å². The van der Waals surface area contributed by atoms with E-state index in [0.717, 1.165) is 11.1 Å². The topological polar surface area (TPSA) is 91.2 Å². The summed E-state index contributed by atoms with van der Waals surface area (Å²) in [5.74, 6) is 0.655. The summed E-state index contributed by atoms with van der Waals surface area (Å²) in [5, 5.41) is 1.83. The molecule has 1 aliphatic rings. The van der Waals surface area contributed by atoms with Crippen molar-refractivity contribution in [2.24, 2.45) is 0 Å². The Labute approximate surface area is 203 Å². The molecule has 1 atom stereocenters. The Hall–Kier alpha value is -3.87. The third-order valence-corrected chi connectivity index (χ3v) is 6.32. The number of nitrogens with two attached hydrogens (primary N) is 1. The van der Waals surface area contributed by atoms with Crippen molar-refractivity contribution < 1.29 is 9.15 Å². The molecule has 1 aliphatic heterocycles. The lowest BCUT2D eigenvalue weighted by Gasteiger charge is -2.28. The fourth-order valence-corrected chi connectivity index (χ4v) is 4.52. The number of ether oxygens (including phenoxy) is 1. The van der Waals surface area contributed by atoms with Crippen molar-refractivity contribution in [2.45, 2.75) is 5.92 Å². The maximum atomic E-state index is 13.2. The first kappa shape index (κ1) is 20.7. The maximum Gasteiger partial charge on any atom is 0.344 e. The zero-order chi connectivity index (χ0) is 23.4. The van der Waals surface area contributed by atoms with Gasteiger partial charge in [0.1, 0.15) is 11.4 Å². The Morgan fingerprint density at radius 2 is 1.50 bits per heavy atom. The number of anilines is 1. The molecule has 0 amide bonds. The molecule has 8 heteroatoms. The van der Waals surface area contributed by atoms with E-state index in [2.05, 4.69) is 9.97 Å². The number of benzene rings is 3. The van der Waals surface area contributed by atoms with E-state index in [1.54, 1.807) is 48.5 Å². The first-order valence-corrected chi connectivity index (χ1v) is 11.2. The molecule has 3 heterocycles. The van der Waals surface area contributed by atoms with Gasteiger partial charge >= 0.3 is 5.63 Å². The second-order valence-corrected chi connectivity index (χ2v) is 8.75. The summed E-state index contributed by atoms with van der Waals surface area (Å²) in [4.78, 5) is 22.4. The van der Waals surface area contributed by atoms with E-state index >= 15 is 0 Å². The highest BCUT2D eigenvalue weighted by Crippen LogP contribution is 2.49. The fraction of sp³-hybridized carbons (Fsp3) is 0.0385. The van der Waals surface area contributed by atoms with Crippen LogP contribution in [0.15, 0.2) is 82.0 Å². The van der Waals surface area contributed by atoms with Gasteiger partial charge in [-0.3, -0.25) is 0 Å². The lowest BCUT2D eigenvalue weighted by Crippen LogP contribution is -2.23. The minimum absolute atomic E-state index is 0.202. The molecule has 0 radical (unpaired) electrons. The van der Waals surface area contributed by atoms with Crippen LogP contribution in [-0.2, 0) is 0 Å². The van der Waals surface area contributed by atoms with E-state index in [1.165, 1.54) is 0 Å². The van der Waals surface area contributed by atoms with Crippen LogP contribution in [0.1, 0.15) is 22.6 Å². The highest BCUT2D eigenvalue weighted by Gasteiger charge is 2.37. The van der Waals surface area contributed by atoms with E-state index in [0.29, 0.717) is 43.7 Å². The summed E-state index contributed by atoms with van der Waals surface area (Å²) < 4.78 is 11.9. The molecule has 0 fully saturated rings. The Morgan fingerprint density at radius 3 is 2.24 bits per heavy atom. The van der Waals surface area contributed by atoms with Gasteiger partial charge in [0, 0.05) is 15.6 Å². The first-order chi connectivity index (χ1) is 16.5. The van der Waals surface area contributed by atoms with Crippen LogP contribution in [0.25, 0.3) is 22.4 Å². The Morgan fingerprint density at radius 1 is 0.824 bits per heavy atom. The molecule has 6 nitrogen and oxygen atoms in total. The molecule has 2 N–H and O–H groups in total. The Balaban J connectivity index is 1.65. The summed E-state index contributed by atoms with van der Waals surface area (Å²) in [6.45, 7) is 0. The maximum absolute atomic E-state index is 13.2. The van der Waals surface area contributed by atoms with Gasteiger partial charge in [-0.05, 0) is 54.1 Å². The lowest BCUT2D eigenvalue weighted by atomic mass is 9.84. The highest BCUT2D eigenvalue weighted by molar-refractivity contribution is 6.30. The van der Waals surface area contributed by atoms with Crippen molar-refractivity contribution in [2.75, 3.05) is 5.73 Å². The van der Waals surface area contributed by atoms with E-state index < -0.39 is 11.5 Å². The van der Waals surface area contributed by atoms with E-state index in [-0.39, 0.29) is 11.7 Å². The molecular weight excluding hydrogens is 473 g/mol. The number of para-hydroxylation sites is 1. The van der Waals surface area contributed by atoms with Crippen LogP contribution in [0.3, 0.4) is 0 Å². The molecule has 1 unspecified atom stereocenters. The second kappa shape index (κ2) is 7.87. The number of aromatic nitrogens is 2. The molecule has 5 aromatic rings. The van der Waals surface area contributed by atoms with Gasteiger partial charge in [-0.2, -0.15) is 4.98 Å². The van der Waals surface area contributed by atoms with Gasteiger partial charge in [0.2, 0.25) is 5.88 Å². The molecule has 0 spiro atoms. The SMILES string of the molecule is Nc1nc(-c2ccc(Cl)cc2)nc2c1C(c1ccc(Cl)cc1)c1c(c3ccccc3oc1=O)O2. The Bertz CT molecular complexity index is 1630. The van der Waals surface area contributed by atoms with Crippen LogP contribution < -0.4 is 16.1 Å². The largest absolute Gasteiger partial charge is 0.437 e. The van der Waals surface area contributed by atoms with Crippen molar-refractivity contribution in [3.63, 3.8) is 0 Å². The van der Waals surface area contributed by atoms with Crippen molar-refractivity contribution in [3.8, 4) is 23.0 Å². The average Bonchev–Trinajstić information content (AvgIpc) is 2.84. The molecule has 0 aliphatic carbocycles. The summed E-state index contributed by atoms with van der Waals surface area (Å²) >= 11 is 12.2. The zero-order valence-corrected chi connectivity index (χ0v) is 19.0. The second-order valence-electron chi connectivity index (χ2n) is 7.87. The predicted octanol–water partition coefficient (Wildman–Crippen LogP) is 6.42. The molecular formula is C26H15Cl2N3O3. The molecule has 0 saturated carbocycles. The lowest BCUT2D eigenvalue weighted by molar-refractivity contribution is 0.423. The van der Waals surface area contributed by atoms with Gasteiger partial charge < -0.3 is 14.9 Å². The molecule has 6 rings (SSSR count). The normalized spacial score (nSPS) is 14.4. The van der Waals surface area contributed by atoms with Crippen LogP contribution in [0.4, 0.5) is 5.82 Å². The molecule has 0 saturated heterocycles. The number of nitrogen functional groups attached to an aromatic ring is 1. The highest BCUT2D eigenvalue weighted by atomic mass is 35.5. The first-order valence-electron chi connectivity index (χ1n) is 10.4. The number of hydrogen-bond acceptors (Lipinski definition) is 6. The zero-order valence-electron chi connectivity index (χ0n) is 17.5. The molecule has 3 aromatic carbocycles. The van der Waals surface area contributed by atoms with E-state index in [9.17, 15) is 4.79 Å². The number of fused-ring (bicyclic) bond motifs is 4. The van der Waals surface area contributed by atoms with Gasteiger partial charge in [0.15, 0.2) is 11.6 Å². The Kier molecular flexibility index (Phi) is 4.79. The molecule has 166 valence electrons. The van der Waals surface area contributed by atoms with Crippen molar-refractivity contribution in [3.05, 3.63) is 110 Å². The monoisotopic (exact) mass is 487 g/mol. The van der Waals surface area contributed by atoms with Gasteiger partial charge in [-0.15, -0.1) is 0 Å². The summed E-state index contributed by atoms with van der Waals surface area (Å²) in [7, 11) is 0. The average molecular weight is 488 g/mol. The molecule has 34 heavy (non-hydrogen) atoms. The smallest absolute Gasteiger partial charge is 0.344 e. The van der Waals surface area contributed by atoms with E-state index in [1.807, 2.05) is 24.3 Å². The minimum atomic E-state index is -0.601. The molecule has 0 bridgehead atoms. The van der Waals surface area contributed by atoms with Crippen LogP contribution >= 0.6 is 23.2 Å². The van der Waals surface area contributed by atoms with Gasteiger partial charge in [0.25, 0.3) is 0 Å². The van der Waals surface area contributed by atoms with Gasteiger partial charge in [-0.25, -0.2) is 9.78 Å². The predicted molar refractivity (Wildman–Crippen MR) is 132 cm³/mol. The van der Waals surface area contributed by atoms with Crippen LogP contribution in [0.5, 0.6) is 11.6 Å². The van der Waals surface area contributed by atoms with E-state index in [4.69, 9.17) is 38.1 Å². The number of nitrogens with zero attached hydrogens (tertiary/aromatic N) is 2. The fourth-order valence-electron chi connectivity index (χ4n) is 4.27. The van der Waals surface area contributed by atoms with Crippen LogP contribution in [-0.4, -0.2) is 9.97 Å². The number of rotatable bonds is 2. The molecule has 2 aromatic heterocycles. The number of hydrogen-bond donors (Lipinski definition) is 1. The van der Waals surface area contributed by atoms with Crippen molar-refractivity contribution in [1.82, 2.24) is 9.97 Å². The third kappa shape index (κ3) is 3.31. The summed E-state index contributed by atoms with van der Waals surface area (Å²) in [6.07, 6.45) is 0. The van der Waals surface area contributed by atoms with Crippen molar-refractivity contribution >= 4 is 40.0 Å². The number of halogens is 2.